The number of amides is 1. The molecule has 3 heterocycles. The molecular weight excluding hydrogens is 422 g/mol. The third kappa shape index (κ3) is 4.72. The van der Waals surface area contributed by atoms with Crippen LogP contribution < -0.4 is 10.1 Å². The standard InChI is InChI=1S/C18H21ClF2N6O3/c1-29-17(28)26-9-12(10-26)30-15-8-14(22-11-2-5-18(20,21)6-3-11)23-16(24-15)27-7-4-13(19)25-27/h4,7-8,11-12H,2-3,5-6,9-10H2,1H3,(H,22,23,24). The van der Waals surface area contributed by atoms with Gasteiger partial charge in [0.2, 0.25) is 11.8 Å². The highest BCUT2D eigenvalue weighted by atomic mass is 35.5. The first kappa shape index (κ1) is 20.6. The minimum Gasteiger partial charge on any atom is -0.470 e. The van der Waals surface area contributed by atoms with Crippen molar-refractivity contribution < 1.29 is 23.0 Å². The zero-order chi connectivity index (χ0) is 21.3. The van der Waals surface area contributed by atoms with Gasteiger partial charge in [0.25, 0.3) is 5.95 Å². The summed E-state index contributed by atoms with van der Waals surface area (Å²) in [6, 6.07) is 3.08. The Balaban J connectivity index is 1.49. The lowest BCUT2D eigenvalue weighted by atomic mass is 9.92. The lowest BCUT2D eigenvalue weighted by Gasteiger charge is -2.37. The van der Waals surface area contributed by atoms with E-state index in [2.05, 4.69) is 25.1 Å². The smallest absolute Gasteiger partial charge is 0.409 e. The molecule has 0 bridgehead atoms. The number of rotatable bonds is 5. The summed E-state index contributed by atoms with van der Waals surface area (Å²) in [5, 5.41) is 7.57. The molecule has 0 radical (unpaired) electrons. The van der Waals surface area contributed by atoms with Crippen LogP contribution in [-0.2, 0) is 4.74 Å². The predicted octanol–water partition coefficient (Wildman–Crippen LogP) is 3.13. The fraction of sp³-hybridized carbons (Fsp3) is 0.556. The van der Waals surface area contributed by atoms with E-state index < -0.39 is 12.0 Å². The minimum atomic E-state index is -2.61. The van der Waals surface area contributed by atoms with Crippen molar-refractivity contribution in [3.05, 3.63) is 23.5 Å². The summed E-state index contributed by atoms with van der Waals surface area (Å²) in [5.41, 5.74) is 0. The van der Waals surface area contributed by atoms with Crippen molar-refractivity contribution in [2.75, 3.05) is 25.5 Å². The number of ether oxygens (including phenoxy) is 2. The van der Waals surface area contributed by atoms with Gasteiger partial charge in [0.1, 0.15) is 11.9 Å². The van der Waals surface area contributed by atoms with Crippen molar-refractivity contribution in [2.24, 2.45) is 0 Å². The SMILES string of the molecule is COC(=O)N1CC(Oc2cc(NC3CCC(F)(F)CC3)nc(-n3ccc(Cl)n3)n2)C1. The van der Waals surface area contributed by atoms with Gasteiger partial charge in [-0.05, 0) is 18.9 Å². The van der Waals surface area contributed by atoms with Crippen molar-refractivity contribution >= 4 is 23.5 Å². The molecule has 0 aromatic carbocycles. The molecule has 0 atom stereocenters. The van der Waals surface area contributed by atoms with Crippen molar-refractivity contribution in [3.63, 3.8) is 0 Å². The van der Waals surface area contributed by atoms with Crippen LogP contribution in [0.4, 0.5) is 19.4 Å². The number of hydrogen-bond donors (Lipinski definition) is 1. The first-order valence-corrected chi connectivity index (χ1v) is 9.94. The molecule has 0 spiro atoms. The summed E-state index contributed by atoms with van der Waals surface area (Å²) in [6.45, 7) is 0.750. The van der Waals surface area contributed by atoms with Gasteiger partial charge in [-0.2, -0.15) is 15.1 Å². The van der Waals surface area contributed by atoms with E-state index in [1.54, 1.807) is 18.3 Å². The maximum absolute atomic E-state index is 13.4. The molecular formula is C18H21ClF2N6O3. The van der Waals surface area contributed by atoms with Crippen LogP contribution >= 0.6 is 11.6 Å². The molecule has 9 nitrogen and oxygen atoms in total. The molecule has 1 N–H and O–H groups in total. The fourth-order valence-electron chi connectivity index (χ4n) is 3.42. The molecule has 162 valence electrons. The number of anilines is 1. The van der Waals surface area contributed by atoms with Crippen LogP contribution in [0.15, 0.2) is 18.3 Å². The Bertz CT molecular complexity index is 911. The van der Waals surface area contributed by atoms with Gasteiger partial charge in [0.05, 0.1) is 20.2 Å². The van der Waals surface area contributed by atoms with Crippen LogP contribution in [0.1, 0.15) is 25.7 Å². The summed E-state index contributed by atoms with van der Waals surface area (Å²) >= 11 is 5.89. The molecule has 2 aromatic heterocycles. The molecule has 2 fully saturated rings. The largest absolute Gasteiger partial charge is 0.470 e. The molecule has 0 unspecified atom stereocenters. The Hall–Kier alpha value is -2.69. The van der Waals surface area contributed by atoms with E-state index in [1.807, 2.05) is 0 Å². The van der Waals surface area contributed by atoms with E-state index in [0.717, 1.165) is 0 Å². The van der Waals surface area contributed by atoms with Gasteiger partial charge in [-0.15, -0.1) is 0 Å². The second-order valence-electron chi connectivity index (χ2n) is 7.36. The molecule has 30 heavy (non-hydrogen) atoms. The number of carbonyl (C=O) groups is 1. The zero-order valence-corrected chi connectivity index (χ0v) is 17.0. The second-order valence-corrected chi connectivity index (χ2v) is 7.75. The third-order valence-electron chi connectivity index (χ3n) is 5.09. The molecule has 1 aliphatic carbocycles. The van der Waals surface area contributed by atoms with E-state index in [4.69, 9.17) is 16.3 Å². The van der Waals surface area contributed by atoms with E-state index in [1.165, 1.54) is 16.7 Å². The summed E-state index contributed by atoms with van der Waals surface area (Å²) in [4.78, 5) is 21.8. The number of carbonyl (C=O) groups excluding carboxylic acids is 1. The van der Waals surface area contributed by atoms with Gasteiger partial charge in [-0.25, -0.2) is 18.3 Å². The molecule has 1 saturated heterocycles. The highest BCUT2D eigenvalue weighted by Gasteiger charge is 2.35. The quantitative estimate of drug-likeness (QED) is 0.760. The van der Waals surface area contributed by atoms with E-state index in [-0.39, 0.29) is 42.0 Å². The number of halogens is 3. The lowest BCUT2D eigenvalue weighted by Crippen LogP contribution is -2.56. The van der Waals surface area contributed by atoms with Gasteiger partial charge in [-0.3, -0.25) is 0 Å². The summed E-state index contributed by atoms with van der Waals surface area (Å²) < 4.78 is 38.8. The monoisotopic (exact) mass is 442 g/mol. The normalized spacial score (nSPS) is 19.3. The van der Waals surface area contributed by atoms with Crippen LogP contribution in [0.25, 0.3) is 5.95 Å². The fourth-order valence-corrected chi connectivity index (χ4v) is 3.56. The molecule has 2 aliphatic rings. The summed E-state index contributed by atoms with van der Waals surface area (Å²) in [7, 11) is 1.32. The van der Waals surface area contributed by atoms with Crippen molar-refractivity contribution in [1.29, 1.82) is 0 Å². The number of methoxy groups -OCH3 is 1. The Morgan fingerprint density at radius 2 is 2.03 bits per heavy atom. The Morgan fingerprint density at radius 1 is 1.30 bits per heavy atom. The number of nitrogens with one attached hydrogen (secondary N) is 1. The number of aromatic nitrogens is 4. The highest BCUT2D eigenvalue weighted by Crippen LogP contribution is 2.34. The van der Waals surface area contributed by atoms with Gasteiger partial charge in [0.15, 0.2) is 5.15 Å². The van der Waals surface area contributed by atoms with Crippen LogP contribution in [0, 0.1) is 0 Å². The van der Waals surface area contributed by atoms with Gasteiger partial charge < -0.3 is 19.7 Å². The zero-order valence-electron chi connectivity index (χ0n) is 16.2. The predicted molar refractivity (Wildman–Crippen MR) is 103 cm³/mol. The van der Waals surface area contributed by atoms with Crippen LogP contribution in [0.2, 0.25) is 5.15 Å². The molecule has 1 aliphatic heterocycles. The lowest BCUT2D eigenvalue weighted by molar-refractivity contribution is -0.0361. The van der Waals surface area contributed by atoms with E-state index in [0.29, 0.717) is 31.7 Å². The first-order chi connectivity index (χ1) is 14.3. The third-order valence-corrected chi connectivity index (χ3v) is 5.29. The number of likely N-dealkylation sites (tertiary alicyclic amines) is 1. The average molecular weight is 443 g/mol. The van der Waals surface area contributed by atoms with E-state index in [9.17, 15) is 13.6 Å². The Morgan fingerprint density at radius 3 is 2.67 bits per heavy atom. The first-order valence-electron chi connectivity index (χ1n) is 9.56. The van der Waals surface area contributed by atoms with Crippen LogP contribution in [-0.4, -0.2) is 69.0 Å². The maximum atomic E-state index is 13.4. The molecule has 1 amide bonds. The number of alkyl halides is 2. The molecule has 2 aromatic rings. The number of nitrogens with zero attached hydrogens (tertiary/aromatic N) is 5. The Kier molecular flexibility index (Phi) is 5.63. The van der Waals surface area contributed by atoms with Gasteiger partial charge in [0, 0.05) is 31.1 Å². The molecule has 1 saturated carbocycles. The van der Waals surface area contributed by atoms with E-state index >= 15 is 0 Å². The van der Waals surface area contributed by atoms with Crippen molar-refractivity contribution in [1.82, 2.24) is 24.6 Å². The topological polar surface area (TPSA) is 94.4 Å². The average Bonchev–Trinajstić information content (AvgIpc) is 3.12. The minimum absolute atomic E-state index is 0.125. The number of hydrogen-bond acceptors (Lipinski definition) is 7. The van der Waals surface area contributed by atoms with Gasteiger partial charge >= 0.3 is 6.09 Å². The summed E-state index contributed by atoms with van der Waals surface area (Å²) in [6.07, 6.45) is 1.31. The summed E-state index contributed by atoms with van der Waals surface area (Å²) in [5.74, 6) is -1.65. The van der Waals surface area contributed by atoms with Crippen LogP contribution in [0.5, 0.6) is 5.88 Å². The van der Waals surface area contributed by atoms with Crippen molar-refractivity contribution in [3.8, 4) is 11.8 Å². The molecule has 12 heteroatoms. The Labute approximate surface area is 176 Å². The van der Waals surface area contributed by atoms with Gasteiger partial charge in [-0.1, -0.05) is 11.6 Å². The van der Waals surface area contributed by atoms with Crippen molar-refractivity contribution in [2.45, 2.75) is 43.8 Å². The maximum Gasteiger partial charge on any atom is 0.409 e. The second kappa shape index (κ2) is 8.21. The van der Waals surface area contributed by atoms with Crippen LogP contribution in [0.3, 0.4) is 0 Å². The molecule has 4 rings (SSSR count). The highest BCUT2D eigenvalue weighted by molar-refractivity contribution is 6.29.